The van der Waals surface area contributed by atoms with E-state index >= 15 is 0 Å². The van der Waals surface area contributed by atoms with Crippen molar-refractivity contribution in [3.63, 3.8) is 0 Å². The van der Waals surface area contributed by atoms with Crippen LogP contribution in [0.2, 0.25) is 5.02 Å². The lowest BCUT2D eigenvalue weighted by Crippen LogP contribution is -2.21. The summed E-state index contributed by atoms with van der Waals surface area (Å²) in [6, 6.07) is 10.2. The number of benzene rings is 1. The molecule has 1 atom stereocenters. The lowest BCUT2D eigenvalue weighted by atomic mass is 10.1. The lowest BCUT2D eigenvalue weighted by molar-refractivity contribution is 0.414. The minimum atomic E-state index is 0.214. The van der Waals surface area contributed by atoms with Crippen LogP contribution in [0, 0.1) is 0 Å². The summed E-state index contributed by atoms with van der Waals surface area (Å²) in [4.78, 5) is 6.14. The number of methoxy groups -OCH3 is 1. The Balaban J connectivity index is 2.23. The fourth-order valence-electron chi connectivity index (χ4n) is 1.97. The van der Waals surface area contributed by atoms with Crippen molar-refractivity contribution < 1.29 is 4.74 Å². The first-order chi connectivity index (χ1) is 9.13. The largest absolute Gasteiger partial charge is 0.497 e. The quantitative estimate of drug-likeness (QED) is 0.846. The molecule has 3 nitrogen and oxygen atoms in total. The van der Waals surface area contributed by atoms with Crippen LogP contribution in [0.3, 0.4) is 0 Å². The van der Waals surface area contributed by atoms with Crippen molar-refractivity contribution in [3.05, 3.63) is 53.3 Å². The molecule has 0 aliphatic rings. The van der Waals surface area contributed by atoms with Gasteiger partial charge in [0.05, 0.1) is 23.9 Å². The zero-order valence-corrected chi connectivity index (χ0v) is 12.1. The molecule has 0 spiro atoms. The van der Waals surface area contributed by atoms with Crippen LogP contribution in [0.25, 0.3) is 0 Å². The highest BCUT2D eigenvalue weighted by atomic mass is 35.5. The Morgan fingerprint density at radius 2 is 1.89 bits per heavy atom. The highest BCUT2D eigenvalue weighted by Crippen LogP contribution is 2.30. The molecule has 100 valence electrons. The number of anilines is 1. The van der Waals surface area contributed by atoms with Gasteiger partial charge < -0.3 is 9.64 Å². The summed E-state index contributed by atoms with van der Waals surface area (Å²) in [6.07, 6.45) is 3.41. The molecule has 0 fully saturated rings. The maximum Gasteiger partial charge on any atom is 0.118 e. The predicted molar refractivity (Wildman–Crippen MR) is 79.1 cm³/mol. The van der Waals surface area contributed by atoms with Gasteiger partial charge in [-0.3, -0.25) is 4.98 Å². The first-order valence-corrected chi connectivity index (χ1v) is 6.47. The molecule has 2 aromatic rings. The summed E-state index contributed by atoms with van der Waals surface area (Å²) in [5.41, 5.74) is 2.18. The van der Waals surface area contributed by atoms with Gasteiger partial charge in [-0.05, 0) is 30.7 Å². The SMILES string of the molecule is COc1ccc(C(C)N(C)c2ccncc2Cl)cc1. The summed E-state index contributed by atoms with van der Waals surface area (Å²) >= 11 is 6.17. The van der Waals surface area contributed by atoms with Gasteiger partial charge in [0, 0.05) is 19.4 Å². The Morgan fingerprint density at radius 1 is 1.21 bits per heavy atom. The third-order valence-corrected chi connectivity index (χ3v) is 3.60. The zero-order valence-electron chi connectivity index (χ0n) is 11.3. The Labute approximate surface area is 118 Å². The Bertz CT molecular complexity index is 542. The van der Waals surface area contributed by atoms with Crippen LogP contribution in [0.4, 0.5) is 5.69 Å². The van der Waals surface area contributed by atoms with Gasteiger partial charge in [-0.2, -0.15) is 0 Å². The van der Waals surface area contributed by atoms with E-state index < -0.39 is 0 Å². The molecular formula is C15H17ClN2O. The van der Waals surface area contributed by atoms with E-state index in [-0.39, 0.29) is 6.04 Å². The topological polar surface area (TPSA) is 25.4 Å². The molecule has 0 saturated carbocycles. The van der Waals surface area contributed by atoms with Gasteiger partial charge in [0.15, 0.2) is 0 Å². The van der Waals surface area contributed by atoms with Crippen molar-refractivity contribution in [3.8, 4) is 5.75 Å². The minimum Gasteiger partial charge on any atom is -0.497 e. The van der Waals surface area contributed by atoms with E-state index in [0.29, 0.717) is 5.02 Å². The standard InChI is InChI=1S/C15H17ClN2O/c1-11(12-4-6-13(19-3)7-5-12)18(2)15-8-9-17-10-14(15)16/h4-11H,1-3H3. The van der Waals surface area contributed by atoms with Crippen molar-refractivity contribution in [1.82, 2.24) is 4.98 Å². The number of rotatable bonds is 4. The molecular weight excluding hydrogens is 260 g/mol. The number of halogens is 1. The number of ether oxygens (including phenoxy) is 1. The Kier molecular flexibility index (Phi) is 4.27. The Morgan fingerprint density at radius 3 is 2.47 bits per heavy atom. The second kappa shape index (κ2) is 5.93. The third kappa shape index (κ3) is 2.99. The number of nitrogens with zero attached hydrogens (tertiary/aromatic N) is 2. The fourth-order valence-corrected chi connectivity index (χ4v) is 2.22. The van der Waals surface area contributed by atoms with Crippen molar-refractivity contribution in [2.45, 2.75) is 13.0 Å². The molecule has 1 unspecified atom stereocenters. The molecule has 0 saturated heterocycles. The molecule has 1 heterocycles. The van der Waals surface area contributed by atoms with E-state index in [9.17, 15) is 0 Å². The molecule has 4 heteroatoms. The highest BCUT2D eigenvalue weighted by molar-refractivity contribution is 6.33. The van der Waals surface area contributed by atoms with Crippen LogP contribution in [-0.2, 0) is 0 Å². The molecule has 0 amide bonds. The summed E-state index contributed by atoms with van der Waals surface area (Å²) in [5.74, 6) is 0.862. The van der Waals surface area contributed by atoms with Gasteiger partial charge in [0.25, 0.3) is 0 Å². The van der Waals surface area contributed by atoms with Crippen molar-refractivity contribution >= 4 is 17.3 Å². The Hall–Kier alpha value is -1.74. The summed E-state index contributed by atoms with van der Waals surface area (Å²) in [7, 11) is 3.69. The average Bonchev–Trinajstić information content (AvgIpc) is 2.46. The molecule has 0 aliphatic heterocycles. The normalized spacial score (nSPS) is 12.0. The van der Waals surface area contributed by atoms with Gasteiger partial charge in [-0.15, -0.1) is 0 Å². The van der Waals surface area contributed by atoms with E-state index in [2.05, 4.69) is 28.9 Å². The minimum absolute atomic E-state index is 0.214. The van der Waals surface area contributed by atoms with Crippen LogP contribution >= 0.6 is 11.6 Å². The number of aromatic nitrogens is 1. The van der Waals surface area contributed by atoms with Gasteiger partial charge in [-0.1, -0.05) is 23.7 Å². The summed E-state index contributed by atoms with van der Waals surface area (Å²) in [6.45, 7) is 2.14. The van der Waals surface area contributed by atoms with Gasteiger partial charge in [-0.25, -0.2) is 0 Å². The first kappa shape index (κ1) is 13.7. The average molecular weight is 277 g/mol. The monoisotopic (exact) mass is 276 g/mol. The molecule has 2 rings (SSSR count). The van der Waals surface area contributed by atoms with Crippen LogP contribution in [0.15, 0.2) is 42.7 Å². The van der Waals surface area contributed by atoms with E-state index in [0.717, 1.165) is 11.4 Å². The second-order valence-electron chi connectivity index (χ2n) is 4.39. The van der Waals surface area contributed by atoms with Crippen LogP contribution < -0.4 is 9.64 Å². The molecule has 19 heavy (non-hydrogen) atoms. The first-order valence-electron chi connectivity index (χ1n) is 6.09. The van der Waals surface area contributed by atoms with Crippen LogP contribution in [0.5, 0.6) is 5.75 Å². The predicted octanol–water partition coefficient (Wildman–Crippen LogP) is 3.94. The number of hydrogen-bond donors (Lipinski definition) is 0. The number of hydrogen-bond acceptors (Lipinski definition) is 3. The summed E-state index contributed by atoms with van der Waals surface area (Å²) in [5, 5.41) is 0.658. The zero-order chi connectivity index (χ0) is 13.8. The molecule has 0 N–H and O–H groups in total. The molecule has 1 aromatic carbocycles. The van der Waals surface area contributed by atoms with Crippen molar-refractivity contribution in [2.24, 2.45) is 0 Å². The van der Waals surface area contributed by atoms with E-state index in [1.165, 1.54) is 5.56 Å². The highest BCUT2D eigenvalue weighted by Gasteiger charge is 2.14. The van der Waals surface area contributed by atoms with E-state index in [4.69, 9.17) is 16.3 Å². The van der Waals surface area contributed by atoms with Crippen LogP contribution in [0.1, 0.15) is 18.5 Å². The maximum absolute atomic E-state index is 6.17. The fraction of sp³-hybridized carbons (Fsp3) is 0.267. The molecule has 1 aromatic heterocycles. The van der Waals surface area contributed by atoms with Gasteiger partial charge >= 0.3 is 0 Å². The van der Waals surface area contributed by atoms with E-state index in [1.807, 2.05) is 25.2 Å². The van der Waals surface area contributed by atoms with Gasteiger partial charge in [0.2, 0.25) is 0 Å². The van der Waals surface area contributed by atoms with Crippen LogP contribution in [-0.4, -0.2) is 19.1 Å². The van der Waals surface area contributed by atoms with E-state index in [1.54, 1.807) is 19.5 Å². The number of pyridine rings is 1. The smallest absolute Gasteiger partial charge is 0.118 e. The third-order valence-electron chi connectivity index (χ3n) is 3.31. The molecule has 0 radical (unpaired) electrons. The van der Waals surface area contributed by atoms with Gasteiger partial charge in [0.1, 0.15) is 5.75 Å². The second-order valence-corrected chi connectivity index (χ2v) is 4.79. The maximum atomic E-state index is 6.17. The van der Waals surface area contributed by atoms with Crippen molar-refractivity contribution in [2.75, 3.05) is 19.1 Å². The summed E-state index contributed by atoms with van der Waals surface area (Å²) < 4.78 is 5.17. The molecule has 0 bridgehead atoms. The van der Waals surface area contributed by atoms with Crippen molar-refractivity contribution in [1.29, 1.82) is 0 Å². The lowest BCUT2D eigenvalue weighted by Gasteiger charge is -2.28. The molecule has 0 aliphatic carbocycles.